The number of esters is 1. The second-order valence-electron chi connectivity index (χ2n) is 7.24. The molecule has 0 fully saturated rings. The molecule has 0 spiro atoms. The van der Waals surface area contributed by atoms with Crippen LogP contribution >= 0.6 is 23.2 Å². The maximum absolute atomic E-state index is 12.6. The molecule has 0 atom stereocenters. The Balaban J connectivity index is 1.63. The van der Waals surface area contributed by atoms with E-state index in [0.717, 1.165) is 0 Å². The molecule has 2 amide bonds. The van der Waals surface area contributed by atoms with Gasteiger partial charge >= 0.3 is 17.8 Å². The molecule has 3 aromatic rings. The van der Waals surface area contributed by atoms with Crippen molar-refractivity contribution in [2.75, 3.05) is 18.5 Å². The lowest BCUT2D eigenvalue weighted by atomic mass is 10.2. The first kappa shape index (κ1) is 27.5. The number of carbonyl (C=O) groups is 3. The van der Waals surface area contributed by atoms with Gasteiger partial charge in [-0.3, -0.25) is 9.59 Å². The van der Waals surface area contributed by atoms with E-state index in [2.05, 4.69) is 15.8 Å². The molecule has 0 unspecified atom stereocenters. The highest BCUT2D eigenvalue weighted by atomic mass is 35.5. The van der Waals surface area contributed by atoms with Gasteiger partial charge < -0.3 is 19.5 Å². The van der Waals surface area contributed by atoms with Crippen LogP contribution in [0.25, 0.3) is 0 Å². The van der Waals surface area contributed by atoms with Crippen LogP contribution in [0.3, 0.4) is 0 Å². The number of rotatable bonds is 9. The first-order valence-corrected chi connectivity index (χ1v) is 11.9. The van der Waals surface area contributed by atoms with E-state index in [4.69, 9.17) is 37.4 Å². The summed E-state index contributed by atoms with van der Waals surface area (Å²) in [4.78, 5) is 36.7. The summed E-state index contributed by atoms with van der Waals surface area (Å²) >= 11 is 11.9. The van der Waals surface area contributed by atoms with E-state index >= 15 is 0 Å². The summed E-state index contributed by atoms with van der Waals surface area (Å²) in [5, 5.41) is 6.49. The van der Waals surface area contributed by atoms with Gasteiger partial charge in [0.25, 0.3) is 0 Å². The number of hydrazone groups is 1. The third kappa shape index (κ3) is 7.70. The fourth-order valence-corrected chi connectivity index (χ4v) is 3.31. The minimum atomic E-state index is -1.02. The van der Waals surface area contributed by atoms with Gasteiger partial charge in [-0.15, -0.1) is 0 Å². The molecule has 0 aliphatic rings. The average Bonchev–Trinajstić information content (AvgIpc) is 2.89. The van der Waals surface area contributed by atoms with Crippen LogP contribution in [0.1, 0.15) is 29.8 Å². The first-order chi connectivity index (χ1) is 17.8. The second kappa shape index (κ2) is 13.3. The van der Waals surface area contributed by atoms with E-state index in [0.29, 0.717) is 35.8 Å². The number of carbonyl (C=O) groups excluding carboxylic acids is 3. The molecule has 11 heteroatoms. The van der Waals surface area contributed by atoms with Crippen molar-refractivity contribution < 1.29 is 28.6 Å². The largest absolute Gasteiger partial charge is 0.494 e. The zero-order valence-corrected chi connectivity index (χ0v) is 21.4. The van der Waals surface area contributed by atoms with Crippen LogP contribution in [0.2, 0.25) is 10.0 Å². The molecule has 0 bridgehead atoms. The molecule has 3 aromatic carbocycles. The van der Waals surface area contributed by atoms with Crippen LogP contribution in [0.5, 0.6) is 17.2 Å². The number of ether oxygens (including phenoxy) is 3. The van der Waals surface area contributed by atoms with Gasteiger partial charge in [0.1, 0.15) is 5.75 Å². The molecular weight excluding hydrogens is 521 g/mol. The van der Waals surface area contributed by atoms with Gasteiger partial charge in [0.15, 0.2) is 11.5 Å². The molecule has 0 saturated heterocycles. The fourth-order valence-electron chi connectivity index (χ4n) is 2.97. The highest BCUT2D eigenvalue weighted by Crippen LogP contribution is 2.30. The quantitative estimate of drug-likeness (QED) is 0.127. The van der Waals surface area contributed by atoms with Crippen LogP contribution in [-0.2, 0) is 9.59 Å². The highest BCUT2D eigenvalue weighted by Gasteiger charge is 2.16. The number of hydrogen-bond donors (Lipinski definition) is 2. The summed E-state index contributed by atoms with van der Waals surface area (Å²) in [6, 6.07) is 15.9. The fraction of sp³-hybridized carbons (Fsp3) is 0.154. The third-order valence-electron chi connectivity index (χ3n) is 4.66. The van der Waals surface area contributed by atoms with Crippen molar-refractivity contribution in [1.82, 2.24) is 5.43 Å². The Labute approximate surface area is 223 Å². The van der Waals surface area contributed by atoms with Crippen molar-refractivity contribution >= 4 is 52.9 Å². The van der Waals surface area contributed by atoms with Crippen molar-refractivity contribution in [1.29, 1.82) is 0 Å². The normalized spacial score (nSPS) is 10.6. The Bertz CT molecular complexity index is 1310. The number of hydrogen-bond acceptors (Lipinski definition) is 7. The molecule has 0 aromatic heterocycles. The molecule has 37 heavy (non-hydrogen) atoms. The van der Waals surface area contributed by atoms with Gasteiger partial charge in [-0.2, -0.15) is 5.10 Å². The predicted octanol–water partition coefficient (Wildman–Crippen LogP) is 5.10. The maximum Gasteiger partial charge on any atom is 0.343 e. The van der Waals surface area contributed by atoms with Gasteiger partial charge in [0.05, 0.1) is 40.7 Å². The molecule has 0 aliphatic heterocycles. The molecule has 0 saturated carbocycles. The first-order valence-electron chi connectivity index (χ1n) is 11.1. The molecule has 0 aliphatic carbocycles. The highest BCUT2D eigenvalue weighted by molar-refractivity contribution is 6.45. The minimum Gasteiger partial charge on any atom is -0.494 e. The summed E-state index contributed by atoms with van der Waals surface area (Å²) in [5.41, 5.74) is 3.18. The standard InChI is InChI=1S/C26H23Cl2N3O6/c1-3-35-18-11-9-17(10-12-18)26(34)37-21-13-8-16(14-22(21)36-4-2)15-29-31-25(33)24(32)30-20-7-5-6-19(27)23(20)28/h5-15H,3-4H2,1-2H3,(H,30,32)(H,31,33)/b29-15+. The van der Waals surface area contributed by atoms with Crippen molar-refractivity contribution in [2.45, 2.75) is 13.8 Å². The van der Waals surface area contributed by atoms with Gasteiger partial charge in [-0.25, -0.2) is 10.2 Å². The van der Waals surface area contributed by atoms with E-state index in [1.807, 2.05) is 6.92 Å². The number of benzene rings is 3. The monoisotopic (exact) mass is 543 g/mol. The molecule has 0 heterocycles. The van der Waals surface area contributed by atoms with Crippen LogP contribution in [-0.4, -0.2) is 37.2 Å². The zero-order chi connectivity index (χ0) is 26.8. The average molecular weight is 544 g/mol. The van der Waals surface area contributed by atoms with E-state index in [9.17, 15) is 14.4 Å². The predicted molar refractivity (Wildman–Crippen MR) is 141 cm³/mol. The Kier molecular flexibility index (Phi) is 9.88. The molecular formula is C26H23Cl2N3O6. The summed E-state index contributed by atoms with van der Waals surface area (Å²) in [6.45, 7) is 4.49. The van der Waals surface area contributed by atoms with E-state index < -0.39 is 17.8 Å². The van der Waals surface area contributed by atoms with Crippen LogP contribution in [0.4, 0.5) is 5.69 Å². The zero-order valence-electron chi connectivity index (χ0n) is 19.9. The Hall–Kier alpha value is -4.08. The third-order valence-corrected chi connectivity index (χ3v) is 5.48. The van der Waals surface area contributed by atoms with Gasteiger partial charge in [-0.1, -0.05) is 29.3 Å². The van der Waals surface area contributed by atoms with Crippen LogP contribution < -0.4 is 25.0 Å². The number of nitrogens with zero attached hydrogens (tertiary/aromatic N) is 1. The number of nitrogens with one attached hydrogen (secondary N) is 2. The van der Waals surface area contributed by atoms with E-state index in [1.165, 1.54) is 18.3 Å². The number of amides is 2. The topological polar surface area (TPSA) is 115 Å². The van der Waals surface area contributed by atoms with E-state index in [-0.39, 0.29) is 21.5 Å². The Morgan fingerprint density at radius 1 is 0.892 bits per heavy atom. The van der Waals surface area contributed by atoms with Crippen molar-refractivity contribution in [3.05, 3.63) is 81.8 Å². The van der Waals surface area contributed by atoms with Gasteiger partial charge in [0.2, 0.25) is 0 Å². The minimum absolute atomic E-state index is 0.112. The summed E-state index contributed by atoms with van der Waals surface area (Å²) in [5.74, 6) is -1.41. The van der Waals surface area contributed by atoms with Crippen molar-refractivity contribution in [3.63, 3.8) is 0 Å². The lowest BCUT2D eigenvalue weighted by molar-refractivity contribution is -0.136. The summed E-state index contributed by atoms with van der Waals surface area (Å²) < 4.78 is 16.5. The Morgan fingerprint density at radius 3 is 2.32 bits per heavy atom. The summed E-state index contributed by atoms with van der Waals surface area (Å²) in [6.07, 6.45) is 1.30. The second-order valence-corrected chi connectivity index (χ2v) is 8.03. The van der Waals surface area contributed by atoms with Crippen molar-refractivity contribution in [2.24, 2.45) is 5.10 Å². The molecule has 0 radical (unpaired) electrons. The molecule has 9 nitrogen and oxygen atoms in total. The van der Waals surface area contributed by atoms with Crippen molar-refractivity contribution in [3.8, 4) is 17.2 Å². The number of halogens is 2. The molecule has 3 rings (SSSR count). The smallest absolute Gasteiger partial charge is 0.343 e. The SMILES string of the molecule is CCOc1ccc(C(=O)Oc2ccc(/C=N/NC(=O)C(=O)Nc3cccc(Cl)c3Cl)cc2OCC)cc1. The Morgan fingerprint density at radius 2 is 1.62 bits per heavy atom. The maximum atomic E-state index is 12.6. The number of anilines is 1. The van der Waals surface area contributed by atoms with Crippen LogP contribution in [0, 0.1) is 0 Å². The molecule has 2 N–H and O–H groups in total. The summed E-state index contributed by atoms with van der Waals surface area (Å²) in [7, 11) is 0. The van der Waals surface area contributed by atoms with Crippen LogP contribution in [0.15, 0.2) is 65.8 Å². The lowest BCUT2D eigenvalue weighted by Crippen LogP contribution is -2.32. The van der Waals surface area contributed by atoms with Gasteiger partial charge in [0, 0.05) is 0 Å². The van der Waals surface area contributed by atoms with E-state index in [1.54, 1.807) is 55.5 Å². The van der Waals surface area contributed by atoms with Gasteiger partial charge in [-0.05, 0) is 74.0 Å². The lowest BCUT2D eigenvalue weighted by Gasteiger charge is -2.11. The molecule has 192 valence electrons.